The monoisotopic (exact) mass is 251 g/mol. The summed E-state index contributed by atoms with van der Waals surface area (Å²) in [5, 5.41) is 3.15. The summed E-state index contributed by atoms with van der Waals surface area (Å²) in [6.07, 6.45) is 2.23. The third kappa shape index (κ3) is 3.15. The second-order valence-electron chi connectivity index (χ2n) is 4.44. The van der Waals surface area contributed by atoms with E-state index in [1.54, 1.807) is 7.11 Å². The van der Waals surface area contributed by atoms with E-state index in [2.05, 4.69) is 11.4 Å². The maximum atomic E-state index is 6.07. The van der Waals surface area contributed by atoms with Crippen molar-refractivity contribution in [3.63, 3.8) is 0 Å². The van der Waals surface area contributed by atoms with E-state index >= 15 is 0 Å². The van der Waals surface area contributed by atoms with Gasteiger partial charge in [-0.3, -0.25) is 0 Å². The molecule has 0 radical (unpaired) electrons. The minimum absolute atomic E-state index is 0.130. The van der Waals surface area contributed by atoms with Crippen molar-refractivity contribution in [3.8, 4) is 11.5 Å². The predicted molar refractivity (Wildman–Crippen MR) is 70.2 cm³/mol. The Morgan fingerprint density at radius 3 is 3.00 bits per heavy atom. The standard InChI is InChI=1S/C14H21NO3/c1-15-9-11-5-3-7-13(16-2)14(11)18-12-6-4-8-17-10-12/h3,5,7,12,15H,4,6,8-10H2,1-2H3. The van der Waals surface area contributed by atoms with Gasteiger partial charge in [0.2, 0.25) is 0 Å². The van der Waals surface area contributed by atoms with Crippen LogP contribution in [0, 0.1) is 0 Å². The first-order valence-electron chi connectivity index (χ1n) is 6.40. The van der Waals surface area contributed by atoms with E-state index in [1.165, 1.54) is 0 Å². The fourth-order valence-corrected chi connectivity index (χ4v) is 2.16. The van der Waals surface area contributed by atoms with Crippen LogP contribution < -0.4 is 14.8 Å². The van der Waals surface area contributed by atoms with Crippen LogP contribution in [-0.4, -0.2) is 33.5 Å². The highest BCUT2D eigenvalue weighted by Crippen LogP contribution is 2.32. The lowest BCUT2D eigenvalue weighted by molar-refractivity contribution is 0.00601. The smallest absolute Gasteiger partial charge is 0.166 e. The lowest BCUT2D eigenvalue weighted by Gasteiger charge is -2.25. The molecule has 0 saturated carbocycles. The SMILES string of the molecule is CNCc1cccc(OC)c1OC1CCCOC1. The van der Waals surface area contributed by atoms with E-state index in [-0.39, 0.29) is 6.10 Å². The molecular formula is C14H21NO3. The average Bonchev–Trinajstić information content (AvgIpc) is 2.42. The molecule has 100 valence electrons. The molecule has 1 fully saturated rings. The maximum absolute atomic E-state index is 6.07. The Bertz CT molecular complexity index is 375. The molecule has 1 aliphatic heterocycles. The molecule has 0 aliphatic carbocycles. The number of methoxy groups -OCH3 is 1. The summed E-state index contributed by atoms with van der Waals surface area (Å²) in [5.74, 6) is 1.62. The molecule has 1 aromatic carbocycles. The molecule has 18 heavy (non-hydrogen) atoms. The molecule has 1 N–H and O–H groups in total. The van der Waals surface area contributed by atoms with Gasteiger partial charge >= 0.3 is 0 Å². The van der Waals surface area contributed by atoms with Crippen LogP contribution in [0.4, 0.5) is 0 Å². The first-order valence-corrected chi connectivity index (χ1v) is 6.40. The Kier molecular flexibility index (Phi) is 4.84. The molecule has 2 rings (SSSR count). The van der Waals surface area contributed by atoms with Crippen molar-refractivity contribution in [3.05, 3.63) is 23.8 Å². The third-order valence-corrected chi connectivity index (χ3v) is 3.05. The molecular weight excluding hydrogens is 230 g/mol. The van der Waals surface area contributed by atoms with E-state index in [0.29, 0.717) is 6.61 Å². The second-order valence-corrected chi connectivity index (χ2v) is 4.44. The molecule has 1 atom stereocenters. The van der Waals surface area contributed by atoms with Crippen molar-refractivity contribution in [2.24, 2.45) is 0 Å². The predicted octanol–water partition coefficient (Wildman–Crippen LogP) is 1.97. The highest BCUT2D eigenvalue weighted by atomic mass is 16.5. The summed E-state index contributed by atoms with van der Waals surface area (Å²) in [7, 11) is 3.59. The summed E-state index contributed by atoms with van der Waals surface area (Å²) in [6.45, 7) is 2.27. The van der Waals surface area contributed by atoms with Crippen molar-refractivity contribution in [1.29, 1.82) is 0 Å². The van der Waals surface area contributed by atoms with Crippen LogP contribution in [0.15, 0.2) is 18.2 Å². The van der Waals surface area contributed by atoms with E-state index < -0.39 is 0 Å². The van der Waals surface area contributed by atoms with E-state index in [0.717, 1.165) is 43.1 Å². The molecule has 1 saturated heterocycles. The quantitative estimate of drug-likeness (QED) is 0.868. The number of ether oxygens (including phenoxy) is 3. The van der Waals surface area contributed by atoms with Gasteiger partial charge in [-0.05, 0) is 26.0 Å². The van der Waals surface area contributed by atoms with E-state index in [9.17, 15) is 0 Å². The molecule has 0 amide bonds. The van der Waals surface area contributed by atoms with E-state index in [1.807, 2.05) is 19.2 Å². The van der Waals surface area contributed by atoms with Gasteiger partial charge < -0.3 is 19.5 Å². The molecule has 4 nitrogen and oxygen atoms in total. The van der Waals surface area contributed by atoms with Crippen molar-refractivity contribution < 1.29 is 14.2 Å². The lowest BCUT2D eigenvalue weighted by Crippen LogP contribution is -2.28. The molecule has 0 spiro atoms. The number of hydrogen-bond acceptors (Lipinski definition) is 4. The molecule has 1 aliphatic rings. The third-order valence-electron chi connectivity index (χ3n) is 3.05. The lowest BCUT2D eigenvalue weighted by atomic mass is 10.1. The van der Waals surface area contributed by atoms with Crippen LogP contribution in [0.5, 0.6) is 11.5 Å². The minimum Gasteiger partial charge on any atom is -0.493 e. The highest BCUT2D eigenvalue weighted by Gasteiger charge is 2.19. The van der Waals surface area contributed by atoms with Crippen molar-refractivity contribution in [1.82, 2.24) is 5.32 Å². The van der Waals surface area contributed by atoms with Gasteiger partial charge in [0.25, 0.3) is 0 Å². The summed E-state index contributed by atoms with van der Waals surface area (Å²) in [4.78, 5) is 0. The normalized spacial score (nSPS) is 19.6. The number of nitrogens with one attached hydrogen (secondary N) is 1. The topological polar surface area (TPSA) is 39.7 Å². The Hall–Kier alpha value is -1.26. The number of para-hydroxylation sites is 1. The summed E-state index contributed by atoms with van der Waals surface area (Å²) >= 11 is 0. The van der Waals surface area contributed by atoms with Crippen molar-refractivity contribution in [2.75, 3.05) is 27.4 Å². The largest absolute Gasteiger partial charge is 0.493 e. The fraction of sp³-hybridized carbons (Fsp3) is 0.571. The zero-order valence-corrected chi connectivity index (χ0v) is 11.1. The Morgan fingerprint density at radius 2 is 2.33 bits per heavy atom. The molecule has 1 unspecified atom stereocenters. The second kappa shape index (κ2) is 6.61. The van der Waals surface area contributed by atoms with Crippen LogP contribution in [0.25, 0.3) is 0 Å². The van der Waals surface area contributed by atoms with Gasteiger partial charge in [-0.2, -0.15) is 0 Å². The number of rotatable bonds is 5. The van der Waals surface area contributed by atoms with Gasteiger partial charge in [0.05, 0.1) is 13.7 Å². The molecule has 4 heteroatoms. The number of hydrogen-bond donors (Lipinski definition) is 1. The van der Waals surface area contributed by atoms with Gasteiger partial charge in [0.1, 0.15) is 6.10 Å². The van der Waals surface area contributed by atoms with Crippen molar-refractivity contribution in [2.45, 2.75) is 25.5 Å². The zero-order valence-electron chi connectivity index (χ0n) is 11.1. The van der Waals surface area contributed by atoms with Crippen LogP contribution in [-0.2, 0) is 11.3 Å². The minimum atomic E-state index is 0.130. The van der Waals surface area contributed by atoms with Gasteiger partial charge in [-0.25, -0.2) is 0 Å². The highest BCUT2D eigenvalue weighted by molar-refractivity contribution is 5.46. The Balaban J connectivity index is 2.16. The van der Waals surface area contributed by atoms with Gasteiger partial charge in [-0.1, -0.05) is 12.1 Å². The molecule has 1 aromatic rings. The maximum Gasteiger partial charge on any atom is 0.166 e. The van der Waals surface area contributed by atoms with Crippen LogP contribution in [0.1, 0.15) is 18.4 Å². The van der Waals surface area contributed by atoms with Gasteiger partial charge in [-0.15, -0.1) is 0 Å². The van der Waals surface area contributed by atoms with Crippen LogP contribution in [0.3, 0.4) is 0 Å². The molecule has 0 aromatic heterocycles. The molecule has 0 bridgehead atoms. The summed E-state index contributed by atoms with van der Waals surface area (Å²) in [6, 6.07) is 5.96. The summed E-state index contributed by atoms with van der Waals surface area (Å²) < 4.78 is 16.9. The zero-order chi connectivity index (χ0) is 12.8. The van der Waals surface area contributed by atoms with Crippen molar-refractivity contribution >= 4 is 0 Å². The van der Waals surface area contributed by atoms with Gasteiger partial charge in [0.15, 0.2) is 11.5 Å². The first-order chi connectivity index (χ1) is 8.85. The van der Waals surface area contributed by atoms with Crippen LogP contribution in [0.2, 0.25) is 0 Å². The average molecular weight is 251 g/mol. The first kappa shape index (κ1) is 13.2. The van der Waals surface area contributed by atoms with Crippen LogP contribution >= 0.6 is 0 Å². The molecule has 1 heterocycles. The van der Waals surface area contributed by atoms with Gasteiger partial charge in [0, 0.05) is 18.7 Å². The van der Waals surface area contributed by atoms with E-state index in [4.69, 9.17) is 14.2 Å². The summed E-state index contributed by atoms with van der Waals surface area (Å²) in [5.41, 5.74) is 1.11. The fourth-order valence-electron chi connectivity index (χ4n) is 2.16. The Morgan fingerprint density at radius 1 is 1.44 bits per heavy atom. The Labute approximate surface area is 108 Å². The number of benzene rings is 1.